The number of nitrogens with zero attached hydrogens (tertiary/aromatic N) is 4. The molecule has 3 rings (SSSR count). The van der Waals surface area contributed by atoms with Gasteiger partial charge in [-0.3, -0.25) is 5.41 Å². The molecule has 6 heteroatoms. The molecule has 0 saturated carbocycles. The Morgan fingerprint density at radius 3 is 2.11 bits per heavy atom. The number of hydrogen-bond donors (Lipinski definition) is 2. The molecule has 0 spiro atoms. The van der Waals surface area contributed by atoms with E-state index in [0.717, 1.165) is 43.5 Å². The molecule has 3 aliphatic rings. The van der Waals surface area contributed by atoms with Crippen LogP contribution in [0.5, 0.6) is 0 Å². The normalized spacial score (nSPS) is 15.8. The Balaban J connectivity index is 1.79. The zero-order valence-electron chi connectivity index (χ0n) is 10.6. The standard InChI is InChI=1S/C13H16N6/c14-12(15)18-6-8-19(9-7-18)13-16-10-4-2-1-3-5-11(10)17-13/h1-5H,6-9H2,(H3,14,15). The number of rotatable bonds is 1. The SMILES string of the molecule is N=C(N)N1CCN(c2nc3cccccc-3n2)CC1. The third kappa shape index (κ3) is 2.29. The molecular weight excluding hydrogens is 240 g/mol. The summed E-state index contributed by atoms with van der Waals surface area (Å²) < 4.78 is 0. The maximum atomic E-state index is 7.42. The predicted octanol–water partition coefficient (Wildman–Crippen LogP) is 0.597. The lowest BCUT2D eigenvalue weighted by atomic mass is 10.3. The Bertz CT molecular complexity index is 530. The van der Waals surface area contributed by atoms with Gasteiger partial charge in [0.15, 0.2) is 5.96 Å². The van der Waals surface area contributed by atoms with Gasteiger partial charge in [0.2, 0.25) is 5.95 Å². The predicted molar refractivity (Wildman–Crippen MR) is 74.4 cm³/mol. The third-order valence-electron chi connectivity index (χ3n) is 3.34. The molecule has 1 saturated heterocycles. The molecule has 19 heavy (non-hydrogen) atoms. The molecule has 2 heterocycles. The van der Waals surface area contributed by atoms with Gasteiger partial charge in [0.25, 0.3) is 0 Å². The van der Waals surface area contributed by atoms with Crippen molar-refractivity contribution in [2.75, 3.05) is 31.1 Å². The highest BCUT2D eigenvalue weighted by Crippen LogP contribution is 2.22. The first-order chi connectivity index (χ1) is 9.24. The zero-order chi connectivity index (χ0) is 13.2. The fraction of sp³-hybridized carbons (Fsp3) is 0.308. The van der Waals surface area contributed by atoms with Crippen molar-refractivity contribution in [3.8, 4) is 11.4 Å². The largest absolute Gasteiger partial charge is 0.370 e. The van der Waals surface area contributed by atoms with E-state index in [-0.39, 0.29) is 5.96 Å². The van der Waals surface area contributed by atoms with Crippen LogP contribution >= 0.6 is 0 Å². The smallest absolute Gasteiger partial charge is 0.226 e. The molecule has 0 aromatic heterocycles. The van der Waals surface area contributed by atoms with Gasteiger partial charge in [-0.15, -0.1) is 0 Å². The highest BCUT2D eigenvalue weighted by molar-refractivity contribution is 5.75. The molecule has 1 aliphatic carbocycles. The van der Waals surface area contributed by atoms with Crippen molar-refractivity contribution in [3.05, 3.63) is 30.3 Å². The summed E-state index contributed by atoms with van der Waals surface area (Å²) in [6.45, 7) is 3.08. The molecule has 1 fully saturated rings. The van der Waals surface area contributed by atoms with Crippen LogP contribution in [0.15, 0.2) is 30.3 Å². The first-order valence-electron chi connectivity index (χ1n) is 6.31. The van der Waals surface area contributed by atoms with Gasteiger partial charge in [-0.1, -0.05) is 18.2 Å². The molecular formula is C13H16N6. The lowest BCUT2D eigenvalue weighted by molar-refractivity contribution is 0.378. The van der Waals surface area contributed by atoms with E-state index in [1.54, 1.807) is 0 Å². The van der Waals surface area contributed by atoms with E-state index in [1.165, 1.54) is 0 Å². The van der Waals surface area contributed by atoms with Crippen molar-refractivity contribution in [2.45, 2.75) is 0 Å². The molecule has 0 bridgehead atoms. The van der Waals surface area contributed by atoms with Crippen LogP contribution in [0.2, 0.25) is 0 Å². The minimum atomic E-state index is 0.139. The van der Waals surface area contributed by atoms with Gasteiger partial charge >= 0.3 is 0 Å². The van der Waals surface area contributed by atoms with Gasteiger partial charge in [0, 0.05) is 26.2 Å². The maximum Gasteiger partial charge on any atom is 0.226 e. The number of guanidine groups is 1. The number of nitrogens with one attached hydrogen (secondary N) is 1. The summed E-state index contributed by atoms with van der Waals surface area (Å²) >= 11 is 0. The molecule has 0 aromatic carbocycles. The first-order valence-corrected chi connectivity index (χ1v) is 6.31. The summed E-state index contributed by atoms with van der Waals surface area (Å²) in [6, 6.07) is 9.84. The van der Waals surface area contributed by atoms with Gasteiger partial charge in [-0.25, -0.2) is 9.97 Å². The lowest BCUT2D eigenvalue weighted by Crippen LogP contribution is -2.51. The highest BCUT2D eigenvalue weighted by atomic mass is 15.3. The van der Waals surface area contributed by atoms with Crippen LogP contribution in [0.1, 0.15) is 0 Å². The fourth-order valence-electron chi connectivity index (χ4n) is 2.25. The second-order valence-electron chi connectivity index (χ2n) is 4.56. The summed E-state index contributed by atoms with van der Waals surface area (Å²) in [5.41, 5.74) is 7.31. The molecule has 3 N–H and O–H groups in total. The van der Waals surface area contributed by atoms with Crippen LogP contribution in [0.25, 0.3) is 11.4 Å². The van der Waals surface area contributed by atoms with Crippen LogP contribution in [0, 0.1) is 5.41 Å². The van der Waals surface area contributed by atoms with E-state index in [2.05, 4.69) is 14.9 Å². The topological polar surface area (TPSA) is 82.1 Å². The van der Waals surface area contributed by atoms with Crippen molar-refractivity contribution >= 4 is 11.9 Å². The first kappa shape index (κ1) is 11.7. The van der Waals surface area contributed by atoms with Gasteiger partial charge in [-0.05, 0) is 12.1 Å². The maximum absolute atomic E-state index is 7.42. The number of imidazole rings is 1. The van der Waals surface area contributed by atoms with Crippen molar-refractivity contribution in [1.82, 2.24) is 14.9 Å². The molecule has 2 aliphatic heterocycles. The Labute approximate surface area is 111 Å². The minimum absolute atomic E-state index is 0.139. The Hall–Kier alpha value is -2.37. The van der Waals surface area contributed by atoms with Gasteiger partial charge in [0.1, 0.15) is 0 Å². The van der Waals surface area contributed by atoms with E-state index < -0.39 is 0 Å². The number of piperazine rings is 1. The summed E-state index contributed by atoms with van der Waals surface area (Å²) in [6.07, 6.45) is 0. The average Bonchev–Trinajstić information content (AvgIpc) is 2.70. The minimum Gasteiger partial charge on any atom is -0.370 e. The summed E-state index contributed by atoms with van der Waals surface area (Å²) in [5, 5.41) is 7.42. The Morgan fingerprint density at radius 2 is 1.58 bits per heavy atom. The van der Waals surface area contributed by atoms with Crippen LogP contribution in [-0.2, 0) is 0 Å². The van der Waals surface area contributed by atoms with Crippen molar-refractivity contribution in [1.29, 1.82) is 5.41 Å². The molecule has 0 amide bonds. The average molecular weight is 256 g/mol. The van der Waals surface area contributed by atoms with E-state index in [9.17, 15) is 0 Å². The number of anilines is 1. The summed E-state index contributed by atoms with van der Waals surface area (Å²) in [4.78, 5) is 13.1. The molecule has 98 valence electrons. The van der Waals surface area contributed by atoms with Crippen molar-refractivity contribution in [2.24, 2.45) is 5.73 Å². The monoisotopic (exact) mass is 256 g/mol. The van der Waals surface area contributed by atoms with Crippen LogP contribution in [-0.4, -0.2) is 47.0 Å². The molecule has 0 aromatic rings. The van der Waals surface area contributed by atoms with Gasteiger partial charge in [0.05, 0.1) is 11.4 Å². The summed E-state index contributed by atoms with van der Waals surface area (Å²) in [7, 11) is 0. The van der Waals surface area contributed by atoms with Crippen LogP contribution < -0.4 is 10.6 Å². The molecule has 0 atom stereocenters. The van der Waals surface area contributed by atoms with Gasteiger partial charge in [-0.2, -0.15) is 0 Å². The molecule has 0 radical (unpaired) electrons. The van der Waals surface area contributed by atoms with E-state index in [0.29, 0.717) is 0 Å². The Morgan fingerprint density at radius 1 is 1.00 bits per heavy atom. The number of hydrogen-bond acceptors (Lipinski definition) is 4. The van der Waals surface area contributed by atoms with E-state index in [1.807, 2.05) is 35.2 Å². The highest BCUT2D eigenvalue weighted by Gasteiger charge is 2.21. The number of aromatic nitrogens is 2. The Kier molecular flexibility index (Phi) is 2.91. The van der Waals surface area contributed by atoms with Crippen molar-refractivity contribution < 1.29 is 0 Å². The van der Waals surface area contributed by atoms with Gasteiger partial charge < -0.3 is 15.5 Å². The molecule has 0 unspecified atom stereocenters. The van der Waals surface area contributed by atoms with Crippen LogP contribution in [0.4, 0.5) is 5.95 Å². The number of fused-ring (bicyclic) bond motifs is 1. The fourth-order valence-corrected chi connectivity index (χ4v) is 2.25. The molecule has 6 nitrogen and oxygen atoms in total. The number of nitrogens with two attached hydrogens (primary N) is 1. The van der Waals surface area contributed by atoms with E-state index >= 15 is 0 Å². The van der Waals surface area contributed by atoms with Crippen molar-refractivity contribution in [3.63, 3.8) is 0 Å². The van der Waals surface area contributed by atoms with E-state index in [4.69, 9.17) is 11.1 Å². The quantitative estimate of drug-likeness (QED) is 0.576. The second-order valence-corrected chi connectivity index (χ2v) is 4.56. The van der Waals surface area contributed by atoms with Crippen LogP contribution in [0.3, 0.4) is 0 Å². The summed E-state index contributed by atoms with van der Waals surface area (Å²) in [5.74, 6) is 0.907. The third-order valence-corrected chi connectivity index (χ3v) is 3.34. The second kappa shape index (κ2) is 4.72. The zero-order valence-corrected chi connectivity index (χ0v) is 10.6. The lowest BCUT2D eigenvalue weighted by Gasteiger charge is -2.34.